The van der Waals surface area contributed by atoms with Crippen LogP contribution >= 0.6 is 11.6 Å². The lowest BCUT2D eigenvalue weighted by Gasteiger charge is -2.11. The molecule has 3 N–H and O–H groups in total. The Hall–Kier alpha value is -1.87. The number of rotatable bonds is 4. The SMILES string of the molecule is COc1ccc(Cl)cc1NCc1ccc(N)cc1. The topological polar surface area (TPSA) is 47.3 Å². The Morgan fingerprint density at radius 2 is 1.89 bits per heavy atom. The summed E-state index contributed by atoms with van der Waals surface area (Å²) in [5.74, 6) is 0.773. The molecule has 0 saturated carbocycles. The van der Waals surface area contributed by atoms with Gasteiger partial charge in [0.25, 0.3) is 0 Å². The molecule has 0 spiro atoms. The van der Waals surface area contributed by atoms with Crippen LogP contribution in [0.25, 0.3) is 0 Å². The Labute approximate surface area is 112 Å². The van der Waals surface area contributed by atoms with E-state index >= 15 is 0 Å². The van der Waals surface area contributed by atoms with Crippen LogP contribution in [0.1, 0.15) is 5.56 Å². The second-order valence-corrected chi connectivity index (χ2v) is 4.38. The van der Waals surface area contributed by atoms with E-state index in [1.54, 1.807) is 13.2 Å². The molecule has 0 radical (unpaired) electrons. The number of hydrogen-bond acceptors (Lipinski definition) is 3. The molecule has 0 aliphatic carbocycles. The van der Waals surface area contributed by atoms with E-state index in [9.17, 15) is 0 Å². The van der Waals surface area contributed by atoms with E-state index in [2.05, 4.69) is 5.32 Å². The summed E-state index contributed by atoms with van der Waals surface area (Å²) in [6.45, 7) is 0.691. The van der Waals surface area contributed by atoms with Gasteiger partial charge >= 0.3 is 0 Å². The van der Waals surface area contributed by atoms with Gasteiger partial charge in [-0.3, -0.25) is 0 Å². The summed E-state index contributed by atoms with van der Waals surface area (Å²) in [6.07, 6.45) is 0. The average molecular weight is 263 g/mol. The molecule has 0 heterocycles. The molecule has 0 amide bonds. The molecular weight excluding hydrogens is 248 g/mol. The van der Waals surface area contributed by atoms with Crippen LogP contribution in [0.15, 0.2) is 42.5 Å². The van der Waals surface area contributed by atoms with Crippen LogP contribution in [-0.4, -0.2) is 7.11 Å². The molecule has 2 rings (SSSR count). The van der Waals surface area contributed by atoms with E-state index < -0.39 is 0 Å². The number of benzene rings is 2. The maximum Gasteiger partial charge on any atom is 0.142 e. The van der Waals surface area contributed by atoms with Crippen molar-refractivity contribution in [3.63, 3.8) is 0 Å². The van der Waals surface area contributed by atoms with Crippen molar-refractivity contribution < 1.29 is 4.74 Å². The fourth-order valence-corrected chi connectivity index (χ4v) is 1.82. The van der Waals surface area contributed by atoms with Crippen LogP contribution in [-0.2, 0) is 6.54 Å². The van der Waals surface area contributed by atoms with Gasteiger partial charge in [-0.05, 0) is 35.9 Å². The summed E-state index contributed by atoms with van der Waals surface area (Å²) in [5, 5.41) is 3.97. The molecule has 2 aromatic rings. The molecule has 0 unspecified atom stereocenters. The van der Waals surface area contributed by atoms with Crippen molar-refractivity contribution in [3.05, 3.63) is 53.1 Å². The van der Waals surface area contributed by atoms with Crippen LogP contribution in [0.2, 0.25) is 5.02 Å². The molecule has 0 saturated heterocycles. The number of ether oxygens (including phenoxy) is 1. The summed E-state index contributed by atoms with van der Waals surface area (Å²) >= 11 is 5.96. The molecule has 0 bridgehead atoms. The number of nitrogen functional groups attached to an aromatic ring is 1. The summed E-state index contributed by atoms with van der Waals surface area (Å²) in [6, 6.07) is 13.2. The zero-order chi connectivity index (χ0) is 13.0. The van der Waals surface area contributed by atoms with Gasteiger partial charge in [0.15, 0.2) is 0 Å². The number of methoxy groups -OCH3 is 1. The Morgan fingerprint density at radius 1 is 1.17 bits per heavy atom. The number of halogens is 1. The Balaban J connectivity index is 2.09. The van der Waals surface area contributed by atoms with Crippen molar-refractivity contribution in [2.24, 2.45) is 0 Å². The standard InChI is InChI=1S/C14H15ClN2O/c1-18-14-7-4-11(15)8-13(14)17-9-10-2-5-12(16)6-3-10/h2-8,17H,9,16H2,1H3. The lowest BCUT2D eigenvalue weighted by molar-refractivity contribution is 0.416. The highest BCUT2D eigenvalue weighted by Crippen LogP contribution is 2.28. The van der Waals surface area contributed by atoms with E-state index in [4.69, 9.17) is 22.1 Å². The van der Waals surface area contributed by atoms with Crippen LogP contribution in [0, 0.1) is 0 Å². The van der Waals surface area contributed by atoms with Gasteiger partial charge in [0, 0.05) is 17.3 Å². The second kappa shape index (κ2) is 5.65. The minimum Gasteiger partial charge on any atom is -0.495 e. The monoisotopic (exact) mass is 262 g/mol. The third-order valence-corrected chi connectivity index (χ3v) is 2.86. The molecule has 4 heteroatoms. The Morgan fingerprint density at radius 3 is 2.56 bits per heavy atom. The fourth-order valence-electron chi connectivity index (χ4n) is 1.65. The number of hydrogen-bond donors (Lipinski definition) is 2. The summed E-state index contributed by atoms with van der Waals surface area (Å²) in [4.78, 5) is 0. The molecular formula is C14H15ClN2O. The van der Waals surface area contributed by atoms with E-state index in [1.807, 2.05) is 36.4 Å². The molecule has 0 aromatic heterocycles. The molecule has 0 aliphatic heterocycles. The minimum atomic E-state index is 0.676. The van der Waals surface area contributed by atoms with E-state index in [0.29, 0.717) is 11.6 Å². The first kappa shape index (κ1) is 12.6. The van der Waals surface area contributed by atoms with Crippen molar-refractivity contribution in [1.82, 2.24) is 0 Å². The first-order valence-corrected chi connectivity index (χ1v) is 5.98. The van der Waals surface area contributed by atoms with Crippen molar-refractivity contribution >= 4 is 23.0 Å². The van der Waals surface area contributed by atoms with Gasteiger partial charge in [0.1, 0.15) is 5.75 Å². The van der Waals surface area contributed by atoms with Crippen LogP contribution < -0.4 is 15.8 Å². The second-order valence-electron chi connectivity index (χ2n) is 3.94. The third kappa shape index (κ3) is 3.08. The molecule has 0 atom stereocenters. The fraction of sp³-hybridized carbons (Fsp3) is 0.143. The summed E-state index contributed by atoms with van der Waals surface area (Å²) in [7, 11) is 1.64. The van der Waals surface area contributed by atoms with E-state index in [-0.39, 0.29) is 0 Å². The normalized spacial score (nSPS) is 10.1. The molecule has 94 valence electrons. The Kier molecular flexibility index (Phi) is 3.95. The Bertz CT molecular complexity index is 526. The van der Waals surface area contributed by atoms with Gasteiger partial charge < -0.3 is 15.8 Å². The van der Waals surface area contributed by atoms with Crippen molar-refractivity contribution in [1.29, 1.82) is 0 Å². The van der Waals surface area contributed by atoms with Gasteiger partial charge in [-0.25, -0.2) is 0 Å². The lowest BCUT2D eigenvalue weighted by atomic mass is 10.2. The summed E-state index contributed by atoms with van der Waals surface area (Å²) < 4.78 is 5.27. The van der Waals surface area contributed by atoms with E-state index in [1.165, 1.54) is 0 Å². The zero-order valence-corrected chi connectivity index (χ0v) is 10.9. The quantitative estimate of drug-likeness (QED) is 0.829. The number of nitrogens with one attached hydrogen (secondary N) is 1. The average Bonchev–Trinajstić information content (AvgIpc) is 2.38. The maximum atomic E-state index is 5.96. The molecule has 0 fully saturated rings. The minimum absolute atomic E-state index is 0.676. The van der Waals surface area contributed by atoms with Gasteiger partial charge in [0.05, 0.1) is 12.8 Å². The summed E-state index contributed by atoms with van der Waals surface area (Å²) in [5.41, 5.74) is 8.43. The van der Waals surface area contributed by atoms with Gasteiger partial charge in [-0.1, -0.05) is 23.7 Å². The van der Waals surface area contributed by atoms with Crippen molar-refractivity contribution in [3.8, 4) is 5.75 Å². The van der Waals surface area contributed by atoms with Crippen LogP contribution in [0.5, 0.6) is 5.75 Å². The maximum absolute atomic E-state index is 5.96. The van der Waals surface area contributed by atoms with Crippen LogP contribution in [0.3, 0.4) is 0 Å². The molecule has 0 aliphatic rings. The zero-order valence-electron chi connectivity index (χ0n) is 10.1. The molecule has 18 heavy (non-hydrogen) atoms. The predicted molar refractivity (Wildman–Crippen MR) is 76.2 cm³/mol. The molecule has 2 aromatic carbocycles. The molecule has 3 nitrogen and oxygen atoms in total. The van der Waals surface area contributed by atoms with Crippen molar-refractivity contribution in [2.45, 2.75) is 6.54 Å². The first-order chi connectivity index (χ1) is 8.69. The van der Waals surface area contributed by atoms with Crippen LogP contribution in [0.4, 0.5) is 11.4 Å². The van der Waals surface area contributed by atoms with Gasteiger partial charge in [-0.2, -0.15) is 0 Å². The highest BCUT2D eigenvalue weighted by molar-refractivity contribution is 6.30. The van der Waals surface area contributed by atoms with E-state index in [0.717, 1.165) is 22.7 Å². The van der Waals surface area contributed by atoms with Gasteiger partial charge in [0.2, 0.25) is 0 Å². The number of anilines is 2. The predicted octanol–water partition coefficient (Wildman–Crippen LogP) is 3.54. The van der Waals surface area contributed by atoms with Gasteiger partial charge in [-0.15, -0.1) is 0 Å². The highest BCUT2D eigenvalue weighted by Gasteiger charge is 2.03. The highest BCUT2D eigenvalue weighted by atomic mass is 35.5. The number of nitrogens with two attached hydrogens (primary N) is 1. The smallest absolute Gasteiger partial charge is 0.142 e. The first-order valence-electron chi connectivity index (χ1n) is 5.61. The third-order valence-electron chi connectivity index (χ3n) is 2.62. The largest absolute Gasteiger partial charge is 0.495 e. The van der Waals surface area contributed by atoms with Crippen molar-refractivity contribution in [2.75, 3.05) is 18.2 Å². The lowest BCUT2D eigenvalue weighted by Crippen LogP contribution is -2.01.